The maximum atomic E-state index is 12.5. The van der Waals surface area contributed by atoms with Gasteiger partial charge < -0.3 is 5.73 Å². The van der Waals surface area contributed by atoms with Crippen LogP contribution in [0.2, 0.25) is 0 Å². The first-order chi connectivity index (χ1) is 9.96. The van der Waals surface area contributed by atoms with Crippen LogP contribution in [-0.2, 0) is 16.4 Å². The van der Waals surface area contributed by atoms with Gasteiger partial charge >= 0.3 is 0 Å². The Morgan fingerprint density at radius 3 is 2.67 bits per heavy atom. The molecule has 0 saturated carbocycles. The van der Waals surface area contributed by atoms with Crippen molar-refractivity contribution in [1.82, 2.24) is 0 Å². The smallest absolute Gasteiger partial charge is 0.262 e. The zero-order chi connectivity index (χ0) is 15.5. The van der Waals surface area contributed by atoms with E-state index in [1.807, 2.05) is 13.0 Å². The fourth-order valence-corrected chi connectivity index (χ4v) is 3.37. The summed E-state index contributed by atoms with van der Waals surface area (Å²) in [5.74, 6) is 0. The lowest BCUT2D eigenvalue weighted by Gasteiger charge is -2.12. The van der Waals surface area contributed by atoms with E-state index >= 15 is 0 Å². The number of hydrogen-bond acceptors (Lipinski definition) is 4. The van der Waals surface area contributed by atoms with Crippen LogP contribution in [0.3, 0.4) is 0 Å². The minimum atomic E-state index is -3.74. The summed E-state index contributed by atoms with van der Waals surface area (Å²) in [5.41, 5.74) is 7.49. The molecule has 2 aromatic rings. The van der Waals surface area contributed by atoms with E-state index in [0.717, 1.165) is 0 Å². The van der Waals surface area contributed by atoms with Gasteiger partial charge in [-0.3, -0.25) is 4.72 Å². The molecule has 0 aliphatic heterocycles. The number of nitrogens with one attached hydrogen (secondary N) is 1. The van der Waals surface area contributed by atoms with Crippen LogP contribution in [0.25, 0.3) is 0 Å². The number of sulfonamides is 1. The summed E-state index contributed by atoms with van der Waals surface area (Å²) in [4.78, 5) is 0.160. The van der Waals surface area contributed by atoms with E-state index in [1.54, 1.807) is 30.3 Å². The Hall–Kier alpha value is -2.52. The van der Waals surface area contributed by atoms with Crippen LogP contribution in [0.4, 0.5) is 11.4 Å². The van der Waals surface area contributed by atoms with Gasteiger partial charge in [0.1, 0.15) is 0 Å². The largest absolute Gasteiger partial charge is 0.399 e. The minimum Gasteiger partial charge on any atom is -0.399 e. The highest BCUT2D eigenvalue weighted by Crippen LogP contribution is 2.23. The van der Waals surface area contributed by atoms with Gasteiger partial charge in [0.2, 0.25) is 0 Å². The Kier molecular flexibility index (Phi) is 4.15. The quantitative estimate of drug-likeness (QED) is 0.848. The van der Waals surface area contributed by atoms with Gasteiger partial charge in [0.05, 0.1) is 22.2 Å². The number of hydrogen-bond donors (Lipinski definition) is 2. The molecule has 108 valence electrons. The number of nitriles is 1. The third kappa shape index (κ3) is 3.33. The molecule has 0 heterocycles. The SMILES string of the molecule is CCc1ccc(N)cc1S(=O)(=O)Nc1cccc(C#N)c1. The molecule has 0 bridgehead atoms. The number of nitrogens with two attached hydrogens (primary N) is 1. The Bertz CT molecular complexity index is 808. The zero-order valence-corrected chi connectivity index (χ0v) is 12.3. The fraction of sp³-hybridized carbons (Fsp3) is 0.133. The van der Waals surface area contributed by atoms with E-state index in [4.69, 9.17) is 11.0 Å². The Labute approximate surface area is 124 Å². The molecule has 0 spiro atoms. The fourth-order valence-electron chi connectivity index (χ4n) is 1.98. The predicted octanol–water partition coefficient (Wildman–Crippen LogP) is 2.50. The summed E-state index contributed by atoms with van der Waals surface area (Å²) < 4.78 is 27.4. The van der Waals surface area contributed by atoms with Gasteiger partial charge in [-0.05, 0) is 42.3 Å². The van der Waals surface area contributed by atoms with E-state index in [1.165, 1.54) is 12.1 Å². The molecule has 0 aliphatic carbocycles. The number of aryl methyl sites for hydroxylation is 1. The maximum Gasteiger partial charge on any atom is 0.262 e. The van der Waals surface area contributed by atoms with E-state index in [9.17, 15) is 8.42 Å². The molecule has 0 unspecified atom stereocenters. The molecule has 0 amide bonds. The summed E-state index contributed by atoms with van der Waals surface area (Å²) in [6.07, 6.45) is 0.578. The highest BCUT2D eigenvalue weighted by atomic mass is 32.2. The molecular weight excluding hydrogens is 286 g/mol. The number of anilines is 2. The van der Waals surface area contributed by atoms with Gasteiger partial charge in [-0.15, -0.1) is 0 Å². The van der Waals surface area contributed by atoms with Crippen molar-refractivity contribution in [3.8, 4) is 6.07 Å². The second kappa shape index (κ2) is 5.85. The lowest BCUT2D eigenvalue weighted by Crippen LogP contribution is -2.15. The average molecular weight is 301 g/mol. The van der Waals surface area contributed by atoms with Crippen molar-refractivity contribution < 1.29 is 8.42 Å². The van der Waals surface area contributed by atoms with Gasteiger partial charge in [-0.25, -0.2) is 8.42 Å². The monoisotopic (exact) mass is 301 g/mol. The third-order valence-corrected chi connectivity index (χ3v) is 4.47. The molecule has 6 heteroatoms. The molecule has 3 N–H and O–H groups in total. The molecule has 0 saturated heterocycles. The molecule has 0 aliphatic rings. The topological polar surface area (TPSA) is 96.0 Å². The van der Waals surface area contributed by atoms with Gasteiger partial charge in [-0.2, -0.15) is 5.26 Å². The molecule has 0 radical (unpaired) electrons. The van der Waals surface area contributed by atoms with E-state index in [0.29, 0.717) is 28.9 Å². The summed E-state index contributed by atoms with van der Waals surface area (Å²) >= 11 is 0. The Balaban J connectivity index is 2.43. The van der Waals surface area contributed by atoms with Gasteiger partial charge in [0, 0.05) is 5.69 Å². The van der Waals surface area contributed by atoms with E-state index < -0.39 is 10.0 Å². The molecule has 5 nitrogen and oxygen atoms in total. The molecule has 2 aromatic carbocycles. The Morgan fingerprint density at radius 2 is 2.00 bits per heavy atom. The second-order valence-corrected chi connectivity index (χ2v) is 6.17. The first kappa shape index (κ1) is 14.9. The van der Waals surface area contributed by atoms with Crippen molar-refractivity contribution in [2.75, 3.05) is 10.5 Å². The summed E-state index contributed by atoms with van der Waals surface area (Å²) in [6, 6.07) is 13.1. The number of rotatable bonds is 4. The first-order valence-corrected chi connectivity index (χ1v) is 7.86. The molecule has 0 aromatic heterocycles. The molecule has 0 fully saturated rings. The summed E-state index contributed by atoms with van der Waals surface area (Å²) in [5, 5.41) is 8.85. The average Bonchev–Trinajstić information content (AvgIpc) is 2.47. The van der Waals surface area contributed by atoms with Crippen LogP contribution >= 0.6 is 0 Å². The van der Waals surface area contributed by atoms with Crippen LogP contribution in [0.1, 0.15) is 18.1 Å². The Morgan fingerprint density at radius 1 is 1.24 bits per heavy atom. The highest BCUT2D eigenvalue weighted by Gasteiger charge is 2.18. The first-order valence-electron chi connectivity index (χ1n) is 6.37. The van der Waals surface area contributed by atoms with Gasteiger partial charge in [0.15, 0.2) is 0 Å². The van der Waals surface area contributed by atoms with E-state index in [2.05, 4.69) is 4.72 Å². The predicted molar refractivity (Wildman–Crippen MR) is 82.2 cm³/mol. The number of nitrogens with zero attached hydrogens (tertiary/aromatic N) is 1. The summed E-state index contributed by atoms with van der Waals surface area (Å²) in [7, 11) is -3.74. The molecular formula is C15H15N3O2S. The maximum absolute atomic E-state index is 12.5. The van der Waals surface area contributed by atoms with Crippen LogP contribution in [0.15, 0.2) is 47.4 Å². The van der Waals surface area contributed by atoms with Crippen molar-refractivity contribution in [3.63, 3.8) is 0 Å². The highest BCUT2D eigenvalue weighted by molar-refractivity contribution is 7.92. The second-order valence-electron chi connectivity index (χ2n) is 4.52. The van der Waals surface area contributed by atoms with Crippen LogP contribution < -0.4 is 10.5 Å². The van der Waals surface area contributed by atoms with Crippen molar-refractivity contribution >= 4 is 21.4 Å². The molecule has 2 rings (SSSR count). The molecule has 21 heavy (non-hydrogen) atoms. The summed E-state index contributed by atoms with van der Waals surface area (Å²) in [6.45, 7) is 1.88. The van der Waals surface area contributed by atoms with Crippen LogP contribution in [-0.4, -0.2) is 8.42 Å². The van der Waals surface area contributed by atoms with Gasteiger partial charge in [-0.1, -0.05) is 19.1 Å². The van der Waals surface area contributed by atoms with Crippen LogP contribution in [0.5, 0.6) is 0 Å². The lowest BCUT2D eigenvalue weighted by atomic mass is 10.1. The van der Waals surface area contributed by atoms with Gasteiger partial charge in [0.25, 0.3) is 10.0 Å². The lowest BCUT2D eigenvalue weighted by molar-refractivity contribution is 0.600. The van der Waals surface area contributed by atoms with Crippen molar-refractivity contribution in [3.05, 3.63) is 53.6 Å². The third-order valence-electron chi connectivity index (χ3n) is 3.01. The standard InChI is InChI=1S/C15H15N3O2S/c1-2-12-6-7-13(17)9-15(12)21(19,20)18-14-5-3-4-11(8-14)10-16/h3-9,18H,2,17H2,1H3. The minimum absolute atomic E-state index is 0.160. The van der Waals surface area contributed by atoms with Crippen molar-refractivity contribution in [1.29, 1.82) is 5.26 Å². The van der Waals surface area contributed by atoms with Crippen molar-refractivity contribution in [2.45, 2.75) is 18.2 Å². The molecule has 0 atom stereocenters. The zero-order valence-electron chi connectivity index (χ0n) is 11.5. The van der Waals surface area contributed by atoms with E-state index in [-0.39, 0.29) is 4.90 Å². The number of benzene rings is 2. The van der Waals surface area contributed by atoms with Crippen molar-refractivity contribution in [2.24, 2.45) is 0 Å². The normalized spacial score (nSPS) is 10.9. The number of nitrogen functional groups attached to an aromatic ring is 1. The van der Waals surface area contributed by atoms with Crippen LogP contribution in [0, 0.1) is 11.3 Å².